The van der Waals surface area contributed by atoms with Crippen LogP contribution in [0.1, 0.15) is 25.3 Å². The molecular formula is C18H24N4O2. The van der Waals surface area contributed by atoms with Gasteiger partial charge in [0.25, 0.3) is 0 Å². The molecule has 0 amide bonds. The molecule has 2 aliphatic heterocycles. The van der Waals surface area contributed by atoms with Crippen LogP contribution in [0.5, 0.6) is 0 Å². The maximum Gasteiger partial charge on any atom is 0.169 e. The van der Waals surface area contributed by atoms with Gasteiger partial charge >= 0.3 is 0 Å². The minimum Gasteiger partial charge on any atom is -0.347 e. The Morgan fingerprint density at radius 2 is 2.21 bits per heavy atom. The number of likely N-dealkylation sites (tertiary alicyclic amines) is 1. The largest absolute Gasteiger partial charge is 0.347 e. The maximum atomic E-state index is 5.88. The molecule has 2 aliphatic rings. The molecule has 2 aromatic rings. The van der Waals surface area contributed by atoms with E-state index in [0.717, 1.165) is 37.3 Å². The smallest absolute Gasteiger partial charge is 0.169 e. The Balaban J connectivity index is 1.47. The first-order chi connectivity index (χ1) is 11.7. The third-order valence-corrected chi connectivity index (χ3v) is 5.17. The third kappa shape index (κ3) is 3.09. The van der Waals surface area contributed by atoms with Crippen LogP contribution < -0.4 is 0 Å². The second-order valence-electron chi connectivity index (χ2n) is 6.80. The molecule has 1 N–H and O–H groups in total. The molecule has 0 unspecified atom stereocenters. The highest BCUT2D eigenvalue weighted by molar-refractivity contribution is 5.61. The van der Waals surface area contributed by atoms with Crippen molar-refractivity contribution in [1.82, 2.24) is 20.1 Å². The fraction of sp³-hybridized carbons (Fsp3) is 0.556. The summed E-state index contributed by atoms with van der Waals surface area (Å²) in [5.74, 6) is 0.00354. The number of pyridine rings is 1. The van der Waals surface area contributed by atoms with E-state index in [-0.39, 0.29) is 0 Å². The molecule has 6 heteroatoms. The second kappa shape index (κ2) is 6.63. The summed E-state index contributed by atoms with van der Waals surface area (Å²) in [4.78, 5) is 6.69. The van der Waals surface area contributed by atoms with Gasteiger partial charge in [-0.05, 0) is 38.4 Å². The summed E-state index contributed by atoms with van der Waals surface area (Å²) in [5, 5.41) is 7.36. The van der Waals surface area contributed by atoms with E-state index in [9.17, 15) is 0 Å². The van der Waals surface area contributed by atoms with E-state index in [1.54, 1.807) is 6.20 Å². The van der Waals surface area contributed by atoms with Gasteiger partial charge in [-0.15, -0.1) is 0 Å². The second-order valence-corrected chi connectivity index (χ2v) is 6.80. The molecule has 0 bridgehead atoms. The van der Waals surface area contributed by atoms with Gasteiger partial charge in [-0.25, -0.2) is 0 Å². The molecule has 0 aliphatic carbocycles. The molecular weight excluding hydrogens is 304 g/mol. The van der Waals surface area contributed by atoms with Crippen LogP contribution in [0.15, 0.2) is 30.7 Å². The zero-order chi connectivity index (χ0) is 16.4. The molecule has 6 nitrogen and oxygen atoms in total. The first-order valence-corrected chi connectivity index (χ1v) is 8.67. The average Bonchev–Trinajstić information content (AvgIpc) is 3.26. The van der Waals surface area contributed by atoms with Crippen LogP contribution in [0.3, 0.4) is 0 Å². The number of rotatable bonds is 4. The van der Waals surface area contributed by atoms with Gasteiger partial charge in [0, 0.05) is 42.5 Å². The average molecular weight is 328 g/mol. The van der Waals surface area contributed by atoms with Crippen molar-refractivity contribution in [1.29, 1.82) is 0 Å². The number of H-pyrrole nitrogens is 1. The van der Waals surface area contributed by atoms with Gasteiger partial charge in [0.15, 0.2) is 5.79 Å². The van der Waals surface area contributed by atoms with Crippen LogP contribution in [-0.4, -0.2) is 52.2 Å². The van der Waals surface area contributed by atoms with E-state index in [2.05, 4.69) is 33.1 Å². The molecule has 4 heterocycles. The van der Waals surface area contributed by atoms with Crippen molar-refractivity contribution in [3.8, 4) is 11.3 Å². The highest BCUT2D eigenvalue weighted by atomic mass is 16.7. The minimum absolute atomic E-state index is 0.415. The Morgan fingerprint density at radius 1 is 1.33 bits per heavy atom. The summed E-state index contributed by atoms with van der Waals surface area (Å²) < 4.78 is 11.8. The SMILES string of the molecule is CC1([C@H]2CCCN(Cc3cn[nH]c3-c3cccnc3)C2)OCCO1. The Hall–Kier alpha value is -1.76. The first kappa shape index (κ1) is 15.7. The molecule has 2 saturated heterocycles. The fourth-order valence-corrected chi connectivity index (χ4v) is 3.83. The number of aromatic nitrogens is 3. The van der Waals surface area contributed by atoms with Crippen molar-refractivity contribution in [3.05, 3.63) is 36.3 Å². The Labute approximate surface area is 142 Å². The molecule has 0 aromatic carbocycles. The van der Waals surface area contributed by atoms with E-state index in [4.69, 9.17) is 9.47 Å². The molecule has 2 aromatic heterocycles. The Kier molecular flexibility index (Phi) is 4.35. The van der Waals surface area contributed by atoms with Gasteiger partial charge in [0.2, 0.25) is 0 Å². The molecule has 128 valence electrons. The highest BCUT2D eigenvalue weighted by Crippen LogP contribution is 2.34. The van der Waals surface area contributed by atoms with E-state index in [1.807, 2.05) is 18.5 Å². The van der Waals surface area contributed by atoms with Crippen LogP contribution >= 0.6 is 0 Å². The van der Waals surface area contributed by atoms with Crippen LogP contribution in [-0.2, 0) is 16.0 Å². The van der Waals surface area contributed by atoms with Crippen molar-refractivity contribution in [2.45, 2.75) is 32.1 Å². The summed E-state index contributed by atoms with van der Waals surface area (Å²) in [6.07, 6.45) is 7.92. The summed E-state index contributed by atoms with van der Waals surface area (Å²) >= 11 is 0. The van der Waals surface area contributed by atoms with Gasteiger partial charge < -0.3 is 9.47 Å². The topological polar surface area (TPSA) is 63.3 Å². The fourth-order valence-electron chi connectivity index (χ4n) is 3.83. The summed E-state index contributed by atoms with van der Waals surface area (Å²) in [6, 6.07) is 4.01. The van der Waals surface area contributed by atoms with Gasteiger partial charge in [0.1, 0.15) is 0 Å². The summed E-state index contributed by atoms with van der Waals surface area (Å²) in [5.41, 5.74) is 3.35. The number of ether oxygens (including phenoxy) is 2. The van der Waals surface area contributed by atoms with E-state index in [1.165, 1.54) is 12.0 Å². The lowest BCUT2D eigenvalue weighted by Crippen LogP contribution is -2.46. The Bertz CT molecular complexity index is 667. The van der Waals surface area contributed by atoms with E-state index < -0.39 is 5.79 Å². The van der Waals surface area contributed by atoms with Crippen molar-refractivity contribution in [3.63, 3.8) is 0 Å². The van der Waals surface area contributed by atoms with Crippen molar-refractivity contribution in [2.75, 3.05) is 26.3 Å². The predicted octanol–water partition coefficient (Wildman–Crippen LogP) is 2.45. The first-order valence-electron chi connectivity index (χ1n) is 8.67. The minimum atomic E-state index is -0.415. The van der Waals surface area contributed by atoms with Crippen LogP contribution in [0.25, 0.3) is 11.3 Å². The molecule has 0 saturated carbocycles. The lowest BCUT2D eigenvalue weighted by atomic mass is 9.90. The number of hydrogen-bond donors (Lipinski definition) is 1. The number of piperidine rings is 1. The standard InChI is InChI=1S/C18H24N4O2/c1-18(23-8-9-24-18)16-5-3-7-22(13-16)12-15-11-20-21-17(15)14-4-2-6-19-10-14/h2,4,6,10-11,16H,3,5,7-9,12-13H2,1H3,(H,20,21)/t16-/m0/s1. The monoisotopic (exact) mass is 328 g/mol. The maximum absolute atomic E-state index is 5.88. The van der Waals surface area contributed by atoms with Crippen molar-refractivity contribution in [2.24, 2.45) is 5.92 Å². The highest BCUT2D eigenvalue weighted by Gasteiger charge is 2.41. The molecule has 2 fully saturated rings. The number of nitrogens with one attached hydrogen (secondary N) is 1. The number of nitrogens with zero attached hydrogens (tertiary/aromatic N) is 3. The zero-order valence-corrected chi connectivity index (χ0v) is 14.1. The number of aromatic amines is 1. The van der Waals surface area contributed by atoms with Crippen LogP contribution in [0.4, 0.5) is 0 Å². The van der Waals surface area contributed by atoms with Crippen molar-refractivity contribution >= 4 is 0 Å². The van der Waals surface area contributed by atoms with Gasteiger partial charge in [-0.2, -0.15) is 5.10 Å². The number of hydrogen-bond acceptors (Lipinski definition) is 5. The van der Waals surface area contributed by atoms with E-state index >= 15 is 0 Å². The normalized spacial score (nSPS) is 24.3. The Morgan fingerprint density at radius 3 is 3.00 bits per heavy atom. The molecule has 24 heavy (non-hydrogen) atoms. The van der Waals surface area contributed by atoms with Gasteiger partial charge in [0.05, 0.1) is 25.1 Å². The lowest BCUT2D eigenvalue weighted by molar-refractivity contribution is -0.192. The van der Waals surface area contributed by atoms with Gasteiger partial charge in [-0.1, -0.05) is 0 Å². The quantitative estimate of drug-likeness (QED) is 0.934. The third-order valence-electron chi connectivity index (χ3n) is 5.17. The van der Waals surface area contributed by atoms with Crippen molar-refractivity contribution < 1.29 is 9.47 Å². The van der Waals surface area contributed by atoms with Crippen LogP contribution in [0, 0.1) is 5.92 Å². The molecule has 0 spiro atoms. The lowest BCUT2D eigenvalue weighted by Gasteiger charge is -2.39. The summed E-state index contributed by atoms with van der Waals surface area (Å²) in [7, 11) is 0. The summed E-state index contributed by atoms with van der Waals surface area (Å²) in [6.45, 7) is 6.48. The van der Waals surface area contributed by atoms with Gasteiger partial charge in [-0.3, -0.25) is 15.0 Å². The van der Waals surface area contributed by atoms with E-state index in [0.29, 0.717) is 19.1 Å². The van der Waals surface area contributed by atoms with Crippen LogP contribution in [0.2, 0.25) is 0 Å². The molecule has 1 atom stereocenters. The molecule has 0 radical (unpaired) electrons. The zero-order valence-electron chi connectivity index (χ0n) is 14.1. The molecule has 4 rings (SSSR count). The predicted molar refractivity (Wildman–Crippen MR) is 90.1 cm³/mol.